The van der Waals surface area contributed by atoms with Crippen LogP contribution in [0.3, 0.4) is 0 Å². The van der Waals surface area contributed by atoms with Crippen LogP contribution < -0.4 is 20.1 Å². The number of aliphatic imine (C=N–C) groups is 1. The molecular formula is C21H33IN4O2S. The van der Waals surface area contributed by atoms with Crippen molar-refractivity contribution in [1.29, 1.82) is 0 Å². The number of guanidine groups is 1. The van der Waals surface area contributed by atoms with Crippen molar-refractivity contribution in [2.45, 2.75) is 47.1 Å². The van der Waals surface area contributed by atoms with Crippen LogP contribution in [0.25, 0.3) is 0 Å². The summed E-state index contributed by atoms with van der Waals surface area (Å²) in [4.78, 5) is 10.5. The molecule has 0 aliphatic heterocycles. The molecule has 2 rings (SSSR count). The van der Waals surface area contributed by atoms with Crippen LogP contribution in [-0.2, 0) is 13.0 Å². The molecule has 0 aliphatic carbocycles. The molecule has 0 amide bonds. The van der Waals surface area contributed by atoms with Gasteiger partial charge in [0.05, 0.1) is 26.0 Å². The van der Waals surface area contributed by atoms with Crippen molar-refractivity contribution in [3.8, 4) is 11.5 Å². The van der Waals surface area contributed by atoms with Gasteiger partial charge in [-0.05, 0) is 58.2 Å². The minimum Gasteiger partial charge on any atom is -0.493 e. The van der Waals surface area contributed by atoms with Gasteiger partial charge in [-0.25, -0.2) is 9.98 Å². The Balaban J connectivity index is 0.00000420. The molecule has 0 saturated carbocycles. The van der Waals surface area contributed by atoms with E-state index in [1.54, 1.807) is 18.4 Å². The molecule has 0 radical (unpaired) electrons. The van der Waals surface area contributed by atoms with Gasteiger partial charge in [-0.1, -0.05) is 6.07 Å². The number of aromatic nitrogens is 1. The topological polar surface area (TPSA) is 67.8 Å². The third kappa shape index (κ3) is 8.38. The SMILES string of the molecule is CCNC(=NCc1nc(C)c(C)s1)NCCCc1ccc(OC)c(OCC)c1.I. The van der Waals surface area contributed by atoms with Gasteiger partial charge in [-0.15, -0.1) is 35.3 Å². The van der Waals surface area contributed by atoms with Crippen LogP contribution in [-0.4, -0.2) is 37.7 Å². The van der Waals surface area contributed by atoms with Crippen LogP contribution in [0, 0.1) is 13.8 Å². The van der Waals surface area contributed by atoms with Gasteiger partial charge in [-0.3, -0.25) is 0 Å². The minimum absolute atomic E-state index is 0. The number of halogens is 1. The molecule has 0 bridgehead atoms. The van der Waals surface area contributed by atoms with Gasteiger partial charge in [0, 0.05) is 18.0 Å². The first-order chi connectivity index (χ1) is 13.6. The summed E-state index contributed by atoms with van der Waals surface area (Å²) in [5, 5.41) is 7.75. The van der Waals surface area contributed by atoms with E-state index in [1.165, 1.54) is 10.4 Å². The summed E-state index contributed by atoms with van der Waals surface area (Å²) in [6.45, 7) is 11.1. The van der Waals surface area contributed by atoms with Crippen molar-refractivity contribution in [3.63, 3.8) is 0 Å². The monoisotopic (exact) mass is 532 g/mol. The van der Waals surface area contributed by atoms with E-state index in [4.69, 9.17) is 9.47 Å². The zero-order valence-electron chi connectivity index (χ0n) is 18.0. The van der Waals surface area contributed by atoms with Crippen molar-refractivity contribution in [1.82, 2.24) is 15.6 Å². The third-order valence-corrected chi connectivity index (χ3v) is 5.31. The molecule has 0 atom stereocenters. The Hall–Kier alpha value is -1.55. The zero-order valence-corrected chi connectivity index (χ0v) is 21.1. The second-order valence-corrected chi connectivity index (χ2v) is 7.68. The molecule has 0 aliphatic rings. The van der Waals surface area contributed by atoms with Crippen molar-refractivity contribution < 1.29 is 9.47 Å². The molecule has 162 valence electrons. The molecule has 0 fully saturated rings. The molecule has 0 saturated heterocycles. The van der Waals surface area contributed by atoms with Crippen molar-refractivity contribution in [3.05, 3.63) is 39.3 Å². The second-order valence-electron chi connectivity index (χ2n) is 6.39. The van der Waals surface area contributed by atoms with Crippen molar-refractivity contribution >= 4 is 41.3 Å². The van der Waals surface area contributed by atoms with Crippen LogP contribution in [0.5, 0.6) is 11.5 Å². The second kappa shape index (κ2) is 13.6. The maximum atomic E-state index is 5.65. The molecule has 2 N–H and O–H groups in total. The van der Waals surface area contributed by atoms with Gasteiger partial charge in [0.1, 0.15) is 5.01 Å². The van der Waals surface area contributed by atoms with Gasteiger partial charge in [0.2, 0.25) is 0 Å². The lowest BCUT2D eigenvalue weighted by atomic mass is 10.1. The Morgan fingerprint density at radius 3 is 2.59 bits per heavy atom. The number of nitrogens with one attached hydrogen (secondary N) is 2. The lowest BCUT2D eigenvalue weighted by molar-refractivity contribution is 0.310. The predicted molar refractivity (Wildman–Crippen MR) is 132 cm³/mol. The number of aryl methyl sites for hydroxylation is 3. The number of thiazole rings is 1. The van der Waals surface area contributed by atoms with E-state index in [1.807, 2.05) is 19.9 Å². The first-order valence-electron chi connectivity index (χ1n) is 9.82. The Kier molecular flexibility index (Phi) is 12.0. The van der Waals surface area contributed by atoms with E-state index in [9.17, 15) is 0 Å². The first kappa shape index (κ1) is 25.5. The summed E-state index contributed by atoms with van der Waals surface area (Å²) >= 11 is 1.71. The number of hydrogen-bond donors (Lipinski definition) is 2. The fourth-order valence-corrected chi connectivity index (χ4v) is 3.60. The molecule has 1 heterocycles. The third-order valence-electron chi connectivity index (χ3n) is 4.25. The molecule has 1 aromatic carbocycles. The van der Waals surface area contributed by atoms with Gasteiger partial charge < -0.3 is 20.1 Å². The summed E-state index contributed by atoms with van der Waals surface area (Å²) in [6.07, 6.45) is 1.96. The number of ether oxygens (including phenoxy) is 2. The molecular weight excluding hydrogens is 499 g/mol. The molecule has 1 aromatic heterocycles. The van der Waals surface area contributed by atoms with E-state index in [0.717, 1.165) is 54.1 Å². The highest BCUT2D eigenvalue weighted by molar-refractivity contribution is 14.0. The summed E-state index contributed by atoms with van der Waals surface area (Å²) in [5.74, 6) is 2.41. The van der Waals surface area contributed by atoms with Crippen LogP contribution in [0.15, 0.2) is 23.2 Å². The highest BCUT2D eigenvalue weighted by Gasteiger charge is 2.06. The predicted octanol–water partition coefficient (Wildman–Crippen LogP) is 4.47. The van der Waals surface area contributed by atoms with Crippen molar-refractivity contribution in [2.24, 2.45) is 4.99 Å². The smallest absolute Gasteiger partial charge is 0.191 e. The number of methoxy groups -OCH3 is 1. The first-order valence-corrected chi connectivity index (χ1v) is 10.6. The minimum atomic E-state index is 0. The zero-order chi connectivity index (χ0) is 20.4. The van der Waals surface area contributed by atoms with Crippen LogP contribution >= 0.6 is 35.3 Å². The van der Waals surface area contributed by atoms with E-state index in [0.29, 0.717) is 13.2 Å². The molecule has 6 nitrogen and oxygen atoms in total. The number of benzene rings is 1. The van der Waals surface area contributed by atoms with Crippen LogP contribution in [0.4, 0.5) is 0 Å². The van der Waals surface area contributed by atoms with Gasteiger partial charge in [-0.2, -0.15) is 0 Å². The fraction of sp³-hybridized carbons (Fsp3) is 0.524. The molecule has 0 spiro atoms. The van der Waals surface area contributed by atoms with E-state index in [-0.39, 0.29) is 24.0 Å². The largest absolute Gasteiger partial charge is 0.493 e. The number of nitrogens with zero attached hydrogens (tertiary/aromatic N) is 2. The van der Waals surface area contributed by atoms with Gasteiger partial charge in [0.15, 0.2) is 17.5 Å². The quantitative estimate of drug-likeness (QED) is 0.205. The number of rotatable bonds is 10. The Labute approximate surface area is 195 Å². The van der Waals surface area contributed by atoms with Gasteiger partial charge >= 0.3 is 0 Å². The highest BCUT2D eigenvalue weighted by atomic mass is 127. The normalized spacial score (nSPS) is 11.0. The van der Waals surface area contributed by atoms with E-state index >= 15 is 0 Å². The lowest BCUT2D eigenvalue weighted by Crippen LogP contribution is -2.37. The summed E-state index contributed by atoms with van der Waals surface area (Å²) in [6, 6.07) is 6.12. The lowest BCUT2D eigenvalue weighted by Gasteiger charge is -2.12. The maximum Gasteiger partial charge on any atom is 0.191 e. The van der Waals surface area contributed by atoms with E-state index < -0.39 is 0 Å². The summed E-state index contributed by atoms with van der Waals surface area (Å²) in [7, 11) is 1.66. The van der Waals surface area contributed by atoms with E-state index in [2.05, 4.69) is 46.6 Å². The van der Waals surface area contributed by atoms with Crippen LogP contribution in [0.1, 0.15) is 41.4 Å². The standard InChI is InChI=1S/C21H32N4O2S.HI/c1-6-22-21(24-14-20-25-15(3)16(4)28-20)23-12-8-9-17-10-11-18(26-5)19(13-17)27-7-2;/h10-11,13H,6-9,12,14H2,1-5H3,(H2,22,23,24);1H. The Morgan fingerprint density at radius 1 is 1.17 bits per heavy atom. The van der Waals surface area contributed by atoms with Gasteiger partial charge in [0.25, 0.3) is 0 Å². The highest BCUT2D eigenvalue weighted by Crippen LogP contribution is 2.28. The Bertz CT molecular complexity index is 761. The molecule has 2 aromatic rings. The summed E-state index contributed by atoms with van der Waals surface area (Å²) in [5.41, 5.74) is 2.33. The average molecular weight is 532 g/mol. The maximum absolute atomic E-state index is 5.65. The Morgan fingerprint density at radius 2 is 1.97 bits per heavy atom. The fourth-order valence-electron chi connectivity index (χ4n) is 2.74. The molecule has 29 heavy (non-hydrogen) atoms. The molecule has 0 unspecified atom stereocenters. The average Bonchev–Trinajstić information content (AvgIpc) is 3.01. The summed E-state index contributed by atoms with van der Waals surface area (Å²) < 4.78 is 11.0. The number of hydrogen-bond acceptors (Lipinski definition) is 5. The van der Waals surface area contributed by atoms with Crippen molar-refractivity contribution in [2.75, 3.05) is 26.8 Å². The molecule has 8 heteroatoms. The van der Waals surface area contributed by atoms with Crippen LogP contribution in [0.2, 0.25) is 0 Å².